The molecule has 0 fully saturated rings. The first kappa shape index (κ1) is 24.2. The fraction of sp³-hybridized carbons (Fsp3) is 0.273. The molecule has 2 aromatic rings. The van der Waals surface area contributed by atoms with Gasteiger partial charge in [0, 0.05) is 30.8 Å². The van der Waals surface area contributed by atoms with Gasteiger partial charge < -0.3 is 15.0 Å². The molecule has 0 unspecified atom stereocenters. The Morgan fingerprint density at radius 3 is 2.41 bits per heavy atom. The number of halogens is 3. The molecule has 0 atom stereocenters. The fourth-order valence-corrected chi connectivity index (χ4v) is 2.73. The number of rotatable bonds is 9. The first-order chi connectivity index (χ1) is 15.2. The van der Waals surface area contributed by atoms with Gasteiger partial charge in [-0.3, -0.25) is 9.59 Å². The number of para-hydroxylation sites is 1. The van der Waals surface area contributed by atoms with Crippen LogP contribution in [0.2, 0.25) is 0 Å². The fourth-order valence-electron chi connectivity index (χ4n) is 2.73. The van der Waals surface area contributed by atoms with Crippen LogP contribution in [-0.4, -0.2) is 31.1 Å². The normalized spacial score (nSPS) is 10.5. The van der Waals surface area contributed by atoms with Gasteiger partial charge in [-0.2, -0.15) is 23.7 Å². The maximum atomic E-state index is 12.6. The lowest BCUT2D eigenvalue weighted by molar-refractivity contribution is -0.153. The number of amides is 2. The molecular weight excluding hydrogens is 425 g/mol. The molecule has 0 radical (unpaired) electrons. The topological polar surface area (TPSA) is 106 Å². The average molecular weight is 444 g/mol. The number of benzene rings is 2. The molecule has 0 spiro atoms. The second-order valence-corrected chi connectivity index (χ2v) is 6.56. The second kappa shape index (κ2) is 11.4. The van der Waals surface area contributed by atoms with Gasteiger partial charge in [-0.25, -0.2) is 0 Å². The van der Waals surface area contributed by atoms with Crippen LogP contribution in [0.25, 0.3) is 0 Å². The highest BCUT2D eigenvalue weighted by Crippen LogP contribution is 2.25. The highest BCUT2D eigenvalue weighted by molar-refractivity contribution is 5.98. The largest absolute Gasteiger partial charge is 0.483 e. The van der Waals surface area contributed by atoms with E-state index in [2.05, 4.69) is 10.1 Å². The number of carbonyl (C=O) groups is 2. The number of nitrogens with zero attached hydrogens (tertiary/aromatic N) is 3. The molecule has 0 saturated heterocycles. The molecule has 0 aliphatic carbocycles. The van der Waals surface area contributed by atoms with Crippen LogP contribution in [-0.2, 0) is 9.59 Å². The van der Waals surface area contributed by atoms with Gasteiger partial charge in [-0.05, 0) is 30.3 Å². The highest BCUT2D eigenvalue weighted by atomic mass is 19.4. The Morgan fingerprint density at radius 2 is 1.78 bits per heavy atom. The number of hydrogen-bond acceptors (Lipinski definition) is 5. The van der Waals surface area contributed by atoms with E-state index in [9.17, 15) is 22.8 Å². The van der Waals surface area contributed by atoms with Crippen molar-refractivity contribution in [1.29, 1.82) is 10.5 Å². The minimum absolute atomic E-state index is 0.121. The number of ether oxygens (including phenoxy) is 1. The van der Waals surface area contributed by atoms with E-state index >= 15 is 0 Å². The lowest BCUT2D eigenvalue weighted by Crippen LogP contribution is -2.32. The summed E-state index contributed by atoms with van der Waals surface area (Å²) in [5.41, 5.74) is 0.624. The van der Waals surface area contributed by atoms with Gasteiger partial charge in [-0.1, -0.05) is 18.2 Å². The van der Waals surface area contributed by atoms with E-state index in [0.29, 0.717) is 5.69 Å². The Hall–Kier alpha value is -4.05. The molecule has 2 rings (SSSR count). The summed E-state index contributed by atoms with van der Waals surface area (Å²) in [5, 5.41) is 20.5. The van der Waals surface area contributed by atoms with E-state index < -0.39 is 18.7 Å². The number of carbonyl (C=O) groups excluding carboxylic acids is 2. The van der Waals surface area contributed by atoms with Crippen molar-refractivity contribution in [1.82, 2.24) is 0 Å². The average Bonchev–Trinajstić information content (AvgIpc) is 2.77. The van der Waals surface area contributed by atoms with Crippen LogP contribution in [0.4, 0.5) is 24.5 Å². The third kappa shape index (κ3) is 7.65. The van der Waals surface area contributed by atoms with Crippen LogP contribution >= 0.6 is 0 Å². The van der Waals surface area contributed by atoms with Crippen molar-refractivity contribution in [3.8, 4) is 17.9 Å². The molecule has 1 N–H and O–H groups in total. The summed E-state index contributed by atoms with van der Waals surface area (Å²) < 4.78 is 41.5. The number of nitriles is 2. The summed E-state index contributed by atoms with van der Waals surface area (Å²) in [7, 11) is 0. The maximum absolute atomic E-state index is 12.6. The summed E-state index contributed by atoms with van der Waals surface area (Å²) in [6.07, 6.45) is -4.70. The van der Waals surface area contributed by atoms with Gasteiger partial charge in [0.1, 0.15) is 11.8 Å². The van der Waals surface area contributed by atoms with Crippen LogP contribution in [0, 0.1) is 22.7 Å². The lowest BCUT2D eigenvalue weighted by Gasteiger charge is -2.21. The molecule has 0 heterocycles. The Kier molecular flexibility index (Phi) is 8.61. The first-order valence-electron chi connectivity index (χ1n) is 9.49. The molecule has 0 aliphatic rings. The van der Waals surface area contributed by atoms with Gasteiger partial charge in [0.05, 0.1) is 18.1 Å². The summed E-state index contributed by atoms with van der Waals surface area (Å²) >= 11 is 0. The van der Waals surface area contributed by atoms with E-state index in [1.807, 2.05) is 6.07 Å². The van der Waals surface area contributed by atoms with Crippen molar-refractivity contribution in [2.24, 2.45) is 0 Å². The molecule has 166 valence electrons. The van der Waals surface area contributed by atoms with Crippen molar-refractivity contribution < 1.29 is 27.5 Å². The molecule has 2 aromatic carbocycles. The zero-order valence-corrected chi connectivity index (χ0v) is 16.9. The molecule has 32 heavy (non-hydrogen) atoms. The predicted molar refractivity (Wildman–Crippen MR) is 110 cm³/mol. The van der Waals surface area contributed by atoms with Crippen LogP contribution in [0.15, 0.2) is 48.5 Å². The van der Waals surface area contributed by atoms with Crippen molar-refractivity contribution in [3.05, 3.63) is 54.1 Å². The monoisotopic (exact) mass is 444 g/mol. The van der Waals surface area contributed by atoms with Crippen LogP contribution in [0.3, 0.4) is 0 Å². The summed E-state index contributed by atoms with van der Waals surface area (Å²) in [4.78, 5) is 26.3. The van der Waals surface area contributed by atoms with Crippen molar-refractivity contribution in [3.63, 3.8) is 0 Å². The van der Waals surface area contributed by atoms with E-state index in [1.54, 1.807) is 36.4 Å². The SMILES string of the molecule is N#CCCN(C(=O)CCC(=O)Nc1ccc(OCC(F)(F)F)c(C#N)c1)c1ccccc1. The van der Waals surface area contributed by atoms with Crippen molar-refractivity contribution in [2.45, 2.75) is 25.4 Å². The Bertz CT molecular complexity index is 1030. The molecule has 0 aromatic heterocycles. The number of alkyl halides is 3. The van der Waals surface area contributed by atoms with Gasteiger partial charge in [0.2, 0.25) is 11.8 Å². The highest BCUT2D eigenvalue weighted by Gasteiger charge is 2.29. The Balaban J connectivity index is 1.97. The van der Waals surface area contributed by atoms with Gasteiger partial charge in [0.25, 0.3) is 0 Å². The predicted octanol–water partition coefficient (Wildman–Crippen LogP) is 4.16. The third-order valence-corrected chi connectivity index (χ3v) is 4.16. The zero-order chi connectivity index (χ0) is 23.6. The minimum atomic E-state index is -4.55. The van der Waals surface area contributed by atoms with Crippen LogP contribution in [0.1, 0.15) is 24.8 Å². The molecule has 0 bridgehead atoms. The number of anilines is 2. The van der Waals surface area contributed by atoms with Crippen LogP contribution in [0.5, 0.6) is 5.75 Å². The van der Waals surface area contributed by atoms with Gasteiger partial charge >= 0.3 is 6.18 Å². The van der Waals surface area contributed by atoms with E-state index in [1.165, 1.54) is 17.0 Å². The Labute approximate surface area is 182 Å². The summed E-state index contributed by atoms with van der Waals surface area (Å²) in [6, 6.07) is 16.1. The van der Waals surface area contributed by atoms with Gasteiger partial charge in [-0.15, -0.1) is 0 Å². The zero-order valence-electron chi connectivity index (χ0n) is 16.9. The van der Waals surface area contributed by atoms with E-state index in [0.717, 1.165) is 6.07 Å². The van der Waals surface area contributed by atoms with Crippen LogP contribution < -0.4 is 15.0 Å². The molecule has 0 aliphatic heterocycles. The number of nitrogens with one attached hydrogen (secondary N) is 1. The lowest BCUT2D eigenvalue weighted by atomic mass is 10.1. The standard InChI is InChI=1S/C22H19F3N4O3/c23-22(24,25)15-32-19-8-7-17(13-16(19)14-27)28-20(30)9-10-21(31)29(12-4-11-26)18-5-2-1-3-6-18/h1-3,5-8,13H,4,9-10,12,15H2,(H,28,30). The van der Waals surface area contributed by atoms with Crippen molar-refractivity contribution >= 4 is 23.2 Å². The van der Waals surface area contributed by atoms with Crippen molar-refractivity contribution in [2.75, 3.05) is 23.4 Å². The second-order valence-electron chi connectivity index (χ2n) is 6.56. The van der Waals surface area contributed by atoms with Gasteiger partial charge in [0.15, 0.2) is 6.61 Å². The number of hydrogen-bond donors (Lipinski definition) is 1. The summed E-state index contributed by atoms with van der Waals surface area (Å²) in [6.45, 7) is -1.36. The van der Waals surface area contributed by atoms with E-state index in [4.69, 9.17) is 10.5 Å². The molecule has 2 amide bonds. The summed E-state index contributed by atoms with van der Waals surface area (Å²) in [5.74, 6) is -1.11. The molecular formula is C22H19F3N4O3. The quantitative estimate of drug-likeness (QED) is 0.625. The smallest absolute Gasteiger partial charge is 0.422 e. The molecule has 0 saturated carbocycles. The minimum Gasteiger partial charge on any atom is -0.483 e. The molecule has 7 nitrogen and oxygen atoms in total. The maximum Gasteiger partial charge on any atom is 0.422 e. The molecule has 10 heteroatoms. The third-order valence-electron chi connectivity index (χ3n) is 4.16. The first-order valence-corrected chi connectivity index (χ1v) is 9.49. The Morgan fingerprint density at radius 1 is 1.06 bits per heavy atom. The van der Waals surface area contributed by atoms with E-state index in [-0.39, 0.29) is 48.7 Å².